The van der Waals surface area contributed by atoms with Crippen molar-refractivity contribution >= 4 is 15.7 Å². The fourth-order valence-corrected chi connectivity index (χ4v) is 4.26. The first-order valence-electron chi connectivity index (χ1n) is 7.54. The Labute approximate surface area is 132 Å². The van der Waals surface area contributed by atoms with Crippen molar-refractivity contribution in [2.75, 3.05) is 26.2 Å². The summed E-state index contributed by atoms with van der Waals surface area (Å²) in [6.07, 6.45) is 0. The lowest BCUT2D eigenvalue weighted by atomic mass is 10.2. The smallest absolute Gasteiger partial charge is 0.243 e. The van der Waals surface area contributed by atoms with Crippen molar-refractivity contribution < 1.29 is 13.3 Å². The predicted octanol–water partition coefficient (Wildman–Crippen LogP) is 1.22. The Bertz CT molecular complexity index is 719. The first kappa shape index (κ1) is 15.2. The summed E-state index contributed by atoms with van der Waals surface area (Å²) in [6, 6.07) is 17.3. The molecule has 3 rings (SSSR count). The molecule has 0 saturated carbocycles. The van der Waals surface area contributed by atoms with Crippen molar-refractivity contribution in [1.29, 1.82) is 0 Å². The fraction of sp³-hybridized carbons (Fsp3) is 0.294. The van der Waals surface area contributed by atoms with Crippen molar-refractivity contribution in [2.45, 2.75) is 11.8 Å². The minimum atomic E-state index is -3.36. The number of rotatable bonds is 3. The molecule has 0 atom stereocenters. The van der Waals surface area contributed by atoms with Gasteiger partial charge in [0.1, 0.15) is 5.69 Å². The van der Waals surface area contributed by atoms with Gasteiger partial charge in [-0.3, -0.25) is 0 Å². The average molecular weight is 317 g/mol. The van der Waals surface area contributed by atoms with Gasteiger partial charge in [0.2, 0.25) is 10.0 Å². The molecule has 0 amide bonds. The van der Waals surface area contributed by atoms with Gasteiger partial charge >= 0.3 is 0 Å². The monoisotopic (exact) mass is 317 g/mol. The van der Waals surface area contributed by atoms with Crippen LogP contribution in [0.2, 0.25) is 0 Å². The molecule has 4 nitrogen and oxygen atoms in total. The van der Waals surface area contributed by atoms with E-state index in [0.717, 1.165) is 18.7 Å². The van der Waals surface area contributed by atoms with E-state index in [0.29, 0.717) is 18.0 Å². The number of quaternary nitrogens is 1. The molecule has 1 N–H and O–H groups in total. The SMILES string of the molecule is Cc1ccc(S(=O)(=O)N2CC[NH+](c3ccccc3)CC2)cc1. The lowest BCUT2D eigenvalue weighted by Gasteiger charge is -2.31. The summed E-state index contributed by atoms with van der Waals surface area (Å²) in [6.45, 7) is 4.67. The number of aryl methyl sites for hydroxylation is 1. The van der Waals surface area contributed by atoms with Gasteiger partial charge in [-0.1, -0.05) is 35.9 Å². The summed E-state index contributed by atoms with van der Waals surface area (Å²) in [5.74, 6) is 0. The molecule has 2 aromatic carbocycles. The number of sulfonamides is 1. The van der Waals surface area contributed by atoms with Crippen LogP contribution in [-0.2, 0) is 10.0 Å². The second-order valence-electron chi connectivity index (χ2n) is 5.69. The molecule has 22 heavy (non-hydrogen) atoms. The van der Waals surface area contributed by atoms with Crippen LogP contribution in [-0.4, -0.2) is 38.9 Å². The molecule has 5 heteroatoms. The Balaban J connectivity index is 1.72. The van der Waals surface area contributed by atoms with E-state index in [4.69, 9.17) is 0 Å². The summed E-state index contributed by atoms with van der Waals surface area (Å²) >= 11 is 0. The summed E-state index contributed by atoms with van der Waals surface area (Å²) in [5, 5.41) is 0. The maximum Gasteiger partial charge on any atom is 0.243 e. The molecule has 1 fully saturated rings. The van der Waals surface area contributed by atoms with E-state index < -0.39 is 10.0 Å². The summed E-state index contributed by atoms with van der Waals surface area (Å²) in [7, 11) is -3.36. The largest absolute Gasteiger partial charge is 0.300 e. The molecule has 1 heterocycles. The highest BCUT2D eigenvalue weighted by molar-refractivity contribution is 7.89. The number of hydrogen-bond acceptors (Lipinski definition) is 2. The van der Waals surface area contributed by atoms with E-state index in [9.17, 15) is 8.42 Å². The summed E-state index contributed by atoms with van der Waals surface area (Å²) in [4.78, 5) is 1.73. The lowest BCUT2D eigenvalue weighted by Crippen LogP contribution is -3.10. The fourth-order valence-electron chi connectivity index (χ4n) is 2.82. The maximum absolute atomic E-state index is 12.7. The van der Waals surface area contributed by atoms with E-state index >= 15 is 0 Å². The van der Waals surface area contributed by atoms with Gasteiger partial charge in [0.15, 0.2) is 0 Å². The number of benzene rings is 2. The van der Waals surface area contributed by atoms with Crippen molar-refractivity contribution in [3.8, 4) is 0 Å². The van der Waals surface area contributed by atoms with E-state index in [1.54, 1.807) is 16.4 Å². The molecule has 0 radical (unpaired) electrons. The third-order valence-electron chi connectivity index (χ3n) is 4.17. The minimum absolute atomic E-state index is 0.390. The molecule has 116 valence electrons. The van der Waals surface area contributed by atoms with Crippen LogP contribution < -0.4 is 4.90 Å². The normalized spacial score (nSPS) is 17.5. The van der Waals surface area contributed by atoms with Crippen LogP contribution in [0, 0.1) is 6.92 Å². The van der Waals surface area contributed by atoms with Crippen LogP contribution in [0.4, 0.5) is 5.69 Å². The number of piperazine rings is 1. The molecule has 0 aromatic heterocycles. The van der Waals surface area contributed by atoms with Crippen LogP contribution in [0.1, 0.15) is 5.56 Å². The summed E-state index contributed by atoms with van der Waals surface area (Å²) < 4.78 is 26.9. The third kappa shape index (κ3) is 3.06. The Hall–Kier alpha value is -1.69. The molecule has 1 aliphatic rings. The molecule has 0 bridgehead atoms. The van der Waals surface area contributed by atoms with Gasteiger partial charge in [-0.15, -0.1) is 0 Å². The second-order valence-corrected chi connectivity index (χ2v) is 7.62. The van der Waals surface area contributed by atoms with Gasteiger partial charge in [0, 0.05) is 0 Å². The molecule has 1 saturated heterocycles. The van der Waals surface area contributed by atoms with Crippen molar-refractivity contribution in [1.82, 2.24) is 4.31 Å². The van der Waals surface area contributed by atoms with Gasteiger partial charge in [-0.25, -0.2) is 8.42 Å². The minimum Gasteiger partial charge on any atom is -0.300 e. The Kier molecular flexibility index (Phi) is 4.29. The zero-order chi connectivity index (χ0) is 15.6. The van der Waals surface area contributed by atoms with Crippen LogP contribution in [0.25, 0.3) is 0 Å². The van der Waals surface area contributed by atoms with E-state index in [1.165, 1.54) is 10.6 Å². The Morgan fingerprint density at radius 1 is 0.909 bits per heavy atom. The number of nitrogens with one attached hydrogen (secondary N) is 1. The first-order valence-corrected chi connectivity index (χ1v) is 8.98. The Morgan fingerprint density at radius 3 is 2.09 bits per heavy atom. The molecular weight excluding hydrogens is 296 g/mol. The zero-order valence-corrected chi connectivity index (χ0v) is 13.5. The number of para-hydroxylation sites is 1. The number of hydrogen-bond donors (Lipinski definition) is 1. The van der Waals surface area contributed by atoms with E-state index in [-0.39, 0.29) is 0 Å². The van der Waals surface area contributed by atoms with Gasteiger partial charge < -0.3 is 4.90 Å². The van der Waals surface area contributed by atoms with Gasteiger partial charge in [-0.05, 0) is 31.2 Å². The zero-order valence-electron chi connectivity index (χ0n) is 12.7. The van der Waals surface area contributed by atoms with Gasteiger partial charge in [0.05, 0.1) is 31.1 Å². The predicted molar refractivity (Wildman–Crippen MR) is 86.7 cm³/mol. The van der Waals surface area contributed by atoms with Crippen molar-refractivity contribution in [2.24, 2.45) is 0 Å². The highest BCUT2D eigenvalue weighted by Gasteiger charge is 2.30. The van der Waals surface area contributed by atoms with E-state index in [2.05, 4.69) is 12.1 Å². The first-order chi connectivity index (χ1) is 10.6. The average Bonchev–Trinajstić information content (AvgIpc) is 2.56. The summed E-state index contributed by atoms with van der Waals surface area (Å²) in [5.41, 5.74) is 2.30. The third-order valence-corrected chi connectivity index (χ3v) is 6.08. The molecule has 2 aromatic rings. The lowest BCUT2D eigenvalue weighted by molar-refractivity contribution is -0.837. The molecular formula is C17H21N2O2S+. The molecule has 1 aliphatic heterocycles. The highest BCUT2D eigenvalue weighted by Crippen LogP contribution is 2.16. The molecule has 0 unspecified atom stereocenters. The second kappa shape index (κ2) is 6.20. The molecule has 0 spiro atoms. The van der Waals surface area contributed by atoms with Crippen LogP contribution in [0.3, 0.4) is 0 Å². The quantitative estimate of drug-likeness (QED) is 0.925. The van der Waals surface area contributed by atoms with Crippen LogP contribution in [0.15, 0.2) is 59.5 Å². The topological polar surface area (TPSA) is 41.8 Å². The van der Waals surface area contributed by atoms with E-state index in [1.807, 2.05) is 37.3 Å². The van der Waals surface area contributed by atoms with Crippen LogP contribution in [0.5, 0.6) is 0 Å². The standard InChI is InChI=1S/C17H20N2O2S/c1-15-7-9-17(10-8-15)22(20,21)19-13-11-18(12-14-19)16-5-3-2-4-6-16/h2-10H,11-14H2,1H3/p+1. The van der Waals surface area contributed by atoms with Crippen molar-refractivity contribution in [3.05, 3.63) is 60.2 Å². The van der Waals surface area contributed by atoms with Gasteiger partial charge in [0.25, 0.3) is 0 Å². The molecule has 0 aliphatic carbocycles. The highest BCUT2D eigenvalue weighted by atomic mass is 32.2. The number of nitrogens with zero attached hydrogens (tertiary/aromatic N) is 1. The maximum atomic E-state index is 12.7. The van der Waals surface area contributed by atoms with Gasteiger partial charge in [-0.2, -0.15) is 4.31 Å². The Morgan fingerprint density at radius 2 is 1.50 bits per heavy atom. The van der Waals surface area contributed by atoms with Crippen molar-refractivity contribution in [3.63, 3.8) is 0 Å². The van der Waals surface area contributed by atoms with Crippen LogP contribution >= 0.6 is 0 Å².